The van der Waals surface area contributed by atoms with E-state index in [2.05, 4.69) is 25.4 Å². The lowest BCUT2D eigenvalue weighted by Crippen LogP contribution is -2.33. The van der Waals surface area contributed by atoms with E-state index in [1.807, 2.05) is 33.9 Å². The molecule has 0 spiro atoms. The summed E-state index contributed by atoms with van der Waals surface area (Å²) in [5, 5.41) is 7.28. The second-order valence-electron chi connectivity index (χ2n) is 5.03. The molecule has 8 heteroatoms. The van der Waals surface area contributed by atoms with Crippen LogP contribution in [0.2, 0.25) is 0 Å². The minimum atomic E-state index is -0.249. The number of carbonyl (C=O) groups is 1. The maximum Gasteiger partial charge on any atom is 0.233 e. The molecule has 0 aliphatic heterocycles. The van der Waals surface area contributed by atoms with Gasteiger partial charge in [-0.25, -0.2) is 15.0 Å². The van der Waals surface area contributed by atoms with E-state index < -0.39 is 0 Å². The molecule has 22 heavy (non-hydrogen) atoms. The molecule has 0 radical (unpaired) electrons. The Bertz CT molecular complexity index is 636. The fourth-order valence-corrected chi connectivity index (χ4v) is 2.85. The summed E-state index contributed by atoms with van der Waals surface area (Å²) < 4.78 is 1.70. The fraction of sp³-hybridized carbons (Fsp3) is 0.500. The van der Waals surface area contributed by atoms with Crippen LogP contribution in [0.15, 0.2) is 17.6 Å². The van der Waals surface area contributed by atoms with Crippen LogP contribution < -0.4 is 5.32 Å². The van der Waals surface area contributed by atoms with E-state index in [4.69, 9.17) is 0 Å². The number of carbonyl (C=O) groups excluding carboxylic acids is 1. The molecule has 0 aromatic carbocycles. The normalized spacial score (nSPS) is 12.2. The van der Waals surface area contributed by atoms with Crippen molar-refractivity contribution in [3.8, 4) is 0 Å². The van der Waals surface area contributed by atoms with E-state index in [-0.39, 0.29) is 11.2 Å². The Labute approximate surface area is 134 Å². The molecule has 2 rings (SSSR count). The highest BCUT2D eigenvalue weighted by Crippen LogP contribution is 2.20. The molecule has 2 aromatic heterocycles. The molecule has 1 N–H and O–H groups in total. The summed E-state index contributed by atoms with van der Waals surface area (Å²) in [6, 6.07) is 1.91. The fourth-order valence-electron chi connectivity index (χ4n) is 1.95. The highest BCUT2D eigenvalue weighted by molar-refractivity contribution is 8.00. The Hall–Kier alpha value is -1.96. The Morgan fingerprint density at radius 3 is 2.64 bits per heavy atom. The quantitative estimate of drug-likeness (QED) is 0.633. The average molecular weight is 320 g/mol. The maximum atomic E-state index is 12.1. The second kappa shape index (κ2) is 7.35. The number of hydrogen-bond donors (Lipinski definition) is 1. The van der Waals surface area contributed by atoms with Crippen molar-refractivity contribution >= 4 is 17.7 Å². The zero-order chi connectivity index (χ0) is 16.1. The highest BCUT2D eigenvalue weighted by atomic mass is 32.2. The summed E-state index contributed by atoms with van der Waals surface area (Å²) in [4.78, 5) is 24.9. The van der Waals surface area contributed by atoms with Gasteiger partial charge in [-0.15, -0.1) is 0 Å². The Balaban J connectivity index is 1.83. The average Bonchev–Trinajstić information content (AvgIpc) is 2.83. The molecule has 1 amide bonds. The van der Waals surface area contributed by atoms with Crippen LogP contribution in [0.1, 0.15) is 24.1 Å². The van der Waals surface area contributed by atoms with Gasteiger partial charge < -0.3 is 5.32 Å². The van der Waals surface area contributed by atoms with Gasteiger partial charge in [0, 0.05) is 31.4 Å². The van der Waals surface area contributed by atoms with Crippen LogP contribution in [0, 0.1) is 13.8 Å². The van der Waals surface area contributed by atoms with Crippen molar-refractivity contribution in [2.24, 2.45) is 7.05 Å². The molecular formula is C14H20N6OS. The highest BCUT2D eigenvalue weighted by Gasteiger charge is 2.16. The van der Waals surface area contributed by atoms with Gasteiger partial charge in [-0.05, 0) is 26.8 Å². The number of nitrogens with zero attached hydrogens (tertiary/aromatic N) is 5. The molecule has 2 aromatic rings. The third-order valence-corrected chi connectivity index (χ3v) is 4.03. The molecule has 2 heterocycles. The zero-order valence-electron chi connectivity index (χ0n) is 13.2. The van der Waals surface area contributed by atoms with Gasteiger partial charge in [0.1, 0.15) is 12.2 Å². The molecule has 0 fully saturated rings. The van der Waals surface area contributed by atoms with Gasteiger partial charge in [-0.3, -0.25) is 9.48 Å². The molecule has 0 bridgehead atoms. The van der Waals surface area contributed by atoms with Gasteiger partial charge in [0.25, 0.3) is 0 Å². The Kier molecular flexibility index (Phi) is 5.48. The first-order valence-corrected chi connectivity index (χ1v) is 7.93. The Morgan fingerprint density at radius 1 is 1.36 bits per heavy atom. The van der Waals surface area contributed by atoms with E-state index in [9.17, 15) is 4.79 Å². The monoisotopic (exact) mass is 320 g/mol. The number of amides is 1. The first-order valence-electron chi connectivity index (χ1n) is 7.05. The van der Waals surface area contributed by atoms with Crippen molar-refractivity contribution in [2.45, 2.75) is 37.6 Å². The van der Waals surface area contributed by atoms with Crippen molar-refractivity contribution < 1.29 is 4.79 Å². The van der Waals surface area contributed by atoms with E-state index in [1.165, 1.54) is 18.1 Å². The number of nitrogens with one attached hydrogen (secondary N) is 1. The number of aryl methyl sites for hydroxylation is 3. The molecular weight excluding hydrogens is 300 g/mol. The summed E-state index contributed by atoms with van der Waals surface area (Å²) in [5.41, 5.74) is 1.81. The first-order chi connectivity index (χ1) is 10.5. The van der Waals surface area contributed by atoms with Gasteiger partial charge in [0.2, 0.25) is 5.91 Å². The number of rotatable bonds is 6. The third kappa shape index (κ3) is 4.52. The molecule has 1 atom stereocenters. The smallest absolute Gasteiger partial charge is 0.233 e. The summed E-state index contributed by atoms with van der Waals surface area (Å²) in [6.07, 6.45) is 2.16. The lowest BCUT2D eigenvalue weighted by Gasteiger charge is -2.11. The first kappa shape index (κ1) is 16.4. The van der Waals surface area contributed by atoms with Gasteiger partial charge in [0.15, 0.2) is 5.16 Å². The lowest BCUT2D eigenvalue weighted by molar-refractivity contribution is -0.120. The van der Waals surface area contributed by atoms with Gasteiger partial charge in [0.05, 0.1) is 5.25 Å². The summed E-state index contributed by atoms with van der Waals surface area (Å²) >= 11 is 1.36. The van der Waals surface area contributed by atoms with Crippen molar-refractivity contribution in [1.82, 2.24) is 30.0 Å². The topological polar surface area (TPSA) is 85.6 Å². The molecule has 0 aliphatic carbocycles. The second-order valence-corrected chi connectivity index (χ2v) is 6.34. The number of aromatic nitrogens is 5. The molecule has 0 aliphatic rings. The van der Waals surface area contributed by atoms with Gasteiger partial charge >= 0.3 is 0 Å². The summed E-state index contributed by atoms with van der Waals surface area (Å²) in [7, 11) is 1.83. The standard InChI is InChI=1S/C14H20N6OS/c1-9-7-10(2)19-14(18-9)22-11(3)13(21)15-6-5-12-16-8-17-20(12)4/h7-8,11H,5-6H2,1-4H3,(H,15,21). The number of thioether (sulfide) groups is 1. The summed E-state index contributed by atoms with van der Waals surface area (Å²) in [5.74, 6) is 0.813. The van der Waals surface area contributed by atoms with E-state index in [1.54, 1.807) is 4.68 Å². The molecule has 0 saturated carbocycles. The van der Waals surface area contributed by atoms with Crippen LogP contribution in [-0.2, 0) is 18.3 Å². The maximum absolute atomic E-state index is 12.1. The molecule has 0 saturated heterocycles. The van der Waals surface area contributed by atoms with Gasteiger partial charge in [-0.2, -0.15) is 5.10 Å². The van der Waals surface area contributed by atoms with Crippen molar-refractivity contribution in [3.05, 3.63) is 29.6 Å². The lowest BCUT2D eigenvalue weighted by atomic mass is 10.3. The van der Waals surface area contributed by atoms with E-state index in [0.29, 0.717) is 18.1 Å². The molecule has 118 valence electrons. The largest absolute Gasteiger partial charge is 0.355 e. The third-order valence-electron chi connectivity index (χ3n) is 3.07. The minimum absolute atomic E-state index is 0.0325. The van der Waals surface area contributed by atoms with Crippen LogP contribution in [0.3, 0.4) is 0 Å². The van der Waals surface area contributed by atoms with Crippen LogP contribution in [0.5, 0.6) is 0 Å². The van der Waals surface area contributed by atoms with Crippen LogP contribution >= 0.6 is 11.8 Å². The van der Waals surface area contributed by atoms with E-state index in [0.717, 1.165) is 17.2 Å². The van der Waals surface area contributed by atoms with Gasteiger partial charge in [-0.1, -0.05) is 11.8 Å². The SMILES string of the molecule is Cc1cc(C)nc(SC(C)C(=O)NCCc2ncnn2C)n1. The van der Waals surface area contributed by atoms with Crippen molar-refractivity contribution in [1.29, 1.82) is 0 Å². The van der Waals surface area contributed by atoms with E-state index >= 15 is 0 Å². The van der Waals surface area contributed by atoms with Crippen molar-refractivity contribution in [2.75, 3.05) is 6.54 Å². The summed E-state index contributed by atoms with van der Waals surface area (Å²) in [6.45, 7) is 6.22. The predicted octanol–water partition coefficient (Wildman–Crippen LogP) is 1.06. The van der Waals surface area contributed by atoms with Crippen molar-refractivity contribution in [3.63, 3.8) is 0 Å². The number of hydrogen-bond acceptors (Lipinski definition) is 6. The zero-order valence-corrected chi connectivity index (χ0v) is 14.0. The van der Waals surface area contributed by atoms with Crippen LogP contribution in [0.4, 0.5) is 0 Å². The van der Waals surface area contributed by atoms with Crippen LogP contribution in [-0.4, -0.2) is 42.4 Å². The molecule has 1 unspecified atom stereocenters. The predicted molar refractivity (Wildman–Crippen MR) is 84.5 cm³/mol. The van der Waals surface area contributed by atoms with Crippen LogP contribution in [0.25, 0.3) is 0 Å². The molecule has 7 nitrogen and oxygen atoms in total. The Morgan fingerprint density at radius 2 is 2.05 bits per heavy atom. The minimum Gasteiger partial charge on any atom is -0.355 e.